The Hall–Kier alpha value is -4.14. The lowest BCUT2D eigenvalue weighted by Crippen LogP contribution is -2.24. The van der Waals surface area contributed by atoms with Crippen LogP contribution < -0.4 is 21.7 Å². The lowest BCUT2D eigenvalue weighted by atomic mass is 10.2. The monoisotopic (exact) mass is 388 g/mol. The first kappa shape index (κ1) is 18.2. The first-order valence-corrected chi connectivity index (χ1v) is 8.98. The molecule has 1 aromatic carbocycles. The SMILES string of the molecule is CNC(=O)Nc1cccc(Nc2nc3ccccn3c2-c2cc(N)nc(C)n2)c1. The molecule has 146 valence electrons. The molecule has 0 aliphatic rings. The molecule has 0 atom stereocenters. The second kappa shape index (κ2) is 7.47. The van der Waals surface area contributed by atoms with Crippen LogP contribution in [0.5, 0.6) is 0 Å². The average Bonchev–Trinajstić information content (AvgIpc) is 3.05. The zero-order valence-corrected chi connectivity index (χ0v) is 16.0. The van der Waals surface area contributed by atoms with E-state index in [1.165, 1.54) is 0 Å². The van der Waals surface area contributed by atoms with Gasteiger partial charge in [-0.2, -0.15) is 0 Å². The number of carbonyl (C=O) groups is 1. The molecule has 9 heteroatoms. The molecule has 5 N–H and O–H groups in total. The number of hydrogen-bond donors (Lipinski definition) is 4. The second-order valence-corrected chi connectivity index (χ2v) is 6.37. The third-order valence-electron chi connectivity index (χ3n) is 4.24. The first-order valence-electron chi connectivity index (χ1n) is 8.98. The van der Waals surface area contributed by atoms with Gasteiger partial charge in [-0.15, -0.1) is 0 Å². The summed E-state index contributed by atoms with van der Waals surface area (Å²) in [5.41, 5.74) is 9.56. The average molecular weight is 388 g/mol. The van der Waals surface area contributed by atoms with Gasteiger partial charge in [-0.25, -0.2) is 19.7 Å². The zero-order chi connectivity index (χ0) is 20.4. The molecule has 0 unspecified atom stereocenters. The van der Waals surface area contributed by atoms with E-state index in [4.69, 9.17) is 10.7 Å². The van der Waals surface area contributed by atoms with Crippen molar-refractivity contribution in [1.82, 2.24) is 24.7 Å². The summed E-state index contributed by atoms with van der Waals surface area (Å²) in [6.07, 6.45) is 1.92. The number of imidazole rings is 1. The predicted molar refractivity (Wildman–Crippen MR) is 113 cm³/mol. The fourth-order valence-electron chi connectivity index (χ4n) is 3.04. The summed E-state index contributed by atoms with van der Waals surface area (Å²) in [6.45, 7) is 1.80. The van der Waals surface area contributed by atoms with Gasteiger partial charge in [-0.05, 0) is 37.3 Å². The maximum atomic E-state index is 11.6. The Labute approximate surface area is 167 Å². The Morgan fingerprint density at radius 3 is 2.66 bits per heavy atom. The van der Waals surface area contributed by atoms with E-state index in [0.29, 0.717) is 28.8 Å². The van der Waals surface area contributed by atoms with Gasteiger partial charge in [0.1, 0.15) is 23.0 Å². The van der Waals surface area contributed by atoms with E-state index in [9.17, 15) is 4.79 Å². The Bertz CT molecular complexity index is 1180. The molecule has 0 fully saturated rings. The number of aryl methyl sites for hydroxylation is 1. The number of nitrogen functional groups attached to an aromatic ring is 1. The number of rotatable bonds is 4. The Balaban J connectivity index is 1.79. The molecule has 3 heterocycles. The van der Waals surface area contributed by atoms with E-state index in [1.807, 2.05) is 47.0 Å². The highest BCUT2D eigenvalue weighted by Crippen LogP contribution is 2.31. The van der Waals surface area contributed by atoms with E-state index >= 15 is 0 Å². The number of hydrogen-bond acceptors (Lipinski definition) is 6. The fraction of sp³-hybridized carbons (Fsp3) is 0.100. The Morgan fingerprint density at radius 2 is 1.86 bits per heavy atom. The molecular weight excluding hydrogens is 368 g/mol. The van der Waals surface area contributed by atoms with Gasteiger partial charge < -0.3 is 21.7 Å². The van der Waals surface area contributed by atoms with Crippen molar-refractivity contribution in [2.24, 2.45) is 0 Å². The van der Waals surface area contributed by atoms with Crippen LogP contribution in [-0.2, 0) is 0 Å². The second-order valence-electron chi connectivity index (χ2n) is 6.37. The van der Waals surface area contributed by atoms with Crippen LogP contribution in [0.2, 0.25) is 0 Å². The molecule has 0 aliphatic heterocycles. The lowest BCUT2D eigenvalue weighted by Gasteiger charge is -2.10. The minimum absolute atomic E-state index is 0.289. The van der Waals surface area contributed by atoms with Gasteiger partial charge in [0, 0.05) is 30.7 Å². The topological polar surface area (TPSA) is 122 Å². The van der Waals surface area contributed by atoms with Crippen LogP contribution in [0.3, 0.4) is 0 Å². The molecule has 29 heavy (non-hydrogen) atoms. The number of aromatic nitrogens is 4. The van der Waals surface area contributed by atoms with E-state index in [0.717, 1.165) is 17.0 Å². The van der Waals surface area contributed by atoms with E-state index in [-0.39, 0.29) is 6.03 Å². The number of amides is 2. The normalized spacial score (nSPS) is 10.7. The first-order chi connectivity index (χ1) is 14.0. The number of urea groups is 1. The van der Waals surface area contributed by atoms with E-state index < -0.39 is 0 Å². The van der Waals surface area contributed by atoms with Gasteiger partial charge in [0.15, 0.2) is 5.82 Å². The van der Waals surface area contributed by atoms with Crippen molar-refractivity contribution >= 4 is 34.7 Å². The standard InChI is InChI=1S/C20H20N8O/c1-12-23-15(11-16(21)24-12)18-19(27-17-8-3-4-9-28(17)18)25-13-6-5-7-14(10-13)26-20(29)22-2/h3-11,25H,1-2H3,(H2,21,23,24)(H2,22,26,29). The number of carbonyl (C=O) groups excluding carboxylic acids is 1. The van der Waals surface area contributed by atoms with Crippen molar-refractivity contribution in [3.63, 3.8) is 0 Å². The van der Waals surface area contributed by atoms with Crippen LogP contribution in [0.25, 0.3) is 17.0 Å². The molecule has 2 amide bonds. The molecule has 3 aromatic heterocycles. The number of pyridine rings is 1. The summed E-state index contributed by atoms with van der Waals surface area (Å²) in [5.74, 6) is 1.58. The quantitative estimate of drug-likeness (QED) is 0.426. The largest absolute Gasteiger partial charge is 0.384 e. The van der Waals surface area contributed by atoms with Crippen molar-refractivity contribution < 1.29 is 4.79 Å². The summed E-state index contributed by atoms with van der Waals surface area (Å²) in [6, 6.07) is 14.5. The van der Waals surface area contributed by atoms with Crippen molar-refractivity contribution in [2.75, 3.05) is 23.4 Å². The van der Waals surface area contributed by atoms with Gasteiger partial charge in [-0.1, -0.05) is 12.1 Å². The zero-order valence-electron chi connectivity index (χ0n) is 16.0. The number of nitrogens with one attached hydrogen (secondary N) is 3. The number of nitrogens with two attached hydrogens (primary N) is 1. The molecule has 0 saturated heterocycles. The minimum atomic E-state index is -0.289. The summed E-state index contributed by atoms with van der Waals surface area (Å²) < 4.78 is 1.94. The van der Waals surface area contributed by atoms with Gasteiger partial charge in [0.2, 0.25) is 0 Å². The third kappa shape index (κ3) is 3.79. The van der Waals surface area contributed by atoms with Crippen molar-refractivity contribution in [2.45, 2.75) is 6.92 Å². The van der Waals surface area contributed by atoms with Gasteiger partial charge >= 0.3 is 6.03 Å². The third-order valence-corrected chi connectivity index (χ3v) is 4.24. The van der Waals surface area contributed by atoms with Gasteiger partial charge in [-0.3, -0.25) is 4.40 Å². The van der Waals surface area contributed by atoms with E-state index in [1.54, 1.807) is 26.1 Å². The lowest BCUT2D eigenvalue weighted by molar-refractivity contribution is 0.254. The molecule has 9 nitrogen and oxygen atoms in total. The highest BCUT2D eigenvalue weighted by molar-refractivity contribution is 5.90. The summed E-state index contributed by atoms with van der Waals surface area (Å²) in [5, 5.41) is 8.61. The fourth-order valence-corrected chi connectivity index (χ4v) is 3.04. The summed E-state index contributed by atoms with van der Waals surface area (Å²) in [4.78, 5) is 25.0. The summed E-state index contributed by atoms with van der Waals surface area (Å²) in [7, 11) is 1.57. The minimum Gasteiger partial charge on any atom is -0.384 e. The van der Waals surface area contributed by atoms with Crippen LogP contribution in [0.15, 0.2) is 54.7 Å². The number of fused-ring (bicyclic) bond motifs is 1. The Kier molecular flexibility index (Phi) is 4.70. The van der Waals surface area contributed by atoms with Crippen LogP contribution in [0.4, 0.5) is 27.8 Å². The molecule has 4 rings (SSSR count). The highest BCUT2D eigenvalue weighted by Gasteiger charge is 2.17. The number of nitrogens with zero attached hydrogens (tertiary/aromatic N) is 4. The predicted octanol–water partition coefficient (Wildman–Crippen LogP) is 3.18. The van der Waals surface area contributed by atoms with Crippen LogP contribution >= 0.6 is 0 Å². The number of benzene rings is 1. The number of anilines is 4. The maximum Gasteiger partial charge on any atom is 0.318 e. The van der Waals surface area contributed by atoms with Gasteiger partial charge in [0.05, 0.1) is 5.69 Å². The molecule has 0 spiro atoms. The summed E-state index contributed by atoms with van der Waals surface area (Å²) >= 11 is 0. The Morgan fingerprint density at radius 1 is 1.03 bits per heavy atom. The molecule has 0 saturated carbocycles. The van der Waals surface area contributed by atoms with Crippen molar-refractivity contribution in [1.29, 1.82) is 0 Å². The van der Waals surface area contributed by atoms with E-state index in [2.05, 4.69) is 25.9 Å². The van der Waals surface area contributed by atoms with Crippen molar-refractivity contribution in [3.8, 4) is 11.4 Å². The smallest absolute Gasteiger partial charge is 0.318 e. The highest BCUT2D eigenvalue weighted by atomic mass is 16.2. The van der Waals surface area contributed by atoms with Crippen LogP contribution in [0.1, 0.15) is 5.82 Å². The molecule has 0 bridgehead atoms. The van der Waals surface area contributed by atoms with Crippen LogP contribution in [-0.4, -0.2) is 32.4 Å². The molecule has 0 aliphatic carbocycles. The van der Waals surface area contributed by atoms with Crippen molar-refractivity contribution in [3.05, 3.63) is 60.6 Å². The maximum absolute atomic E-state index is 11.6. The molecule has 4 aromatic rings. The van der Waals surface area contributed by atoms with Crippen LogP contribution in [0, 0.1) is 6.92 Å². The van der Waals surface area contributed by atoms with Gasteiger partial charge in [0.25, 0.3) is 0 Å². The molecule has 0 radical (unpaired) electrons. The molecular formula is C20H20N8O.